The van der Waals surface area contributed by atoms with E-state index in [1.807, 2.05) is 86.6 Å². The van der Waals surface area contributed by atoms with Gasteiger partial charge in [-0.05, 0) is 43.7 Å². The highest BCUT2D eigenvalue weighted by Gasteiger charge is 2.22. The van der Waals surface area contributed by atoms with Gasteiger partial charge in [-0.2, -0.15) is 0 Å². The molecule has 3 N–H and O–H groups in total. The fourth-order valence-electron chi connectivity index (χ4n) is 4.12. The van der Waals surface area contributed by atoms with Crippen molar-refractivity contribution in [2.75, 3.05) is 5.73 Å². The number of nitrogens with one attached hydrogen (secondary N) is 1. The molecule has 0 spiro atoms. The number of anilines is 1. The van der Waals surface area contributed by atoms with E-state index in [4.69, 9.17) is 10.7 Å². The van der Waals surface area contributed by atoms with Crippen LogP contribution in [0.3, 0.4) is 0 Å². The molecule has 1 unspecified atom stereocenters. The number of pyridine rings is 2. The number of aromatic nitrogens is 4. The first-order valence-corrected chi connectivity index (χ1v) is 11.3. The van der Waals surface area contributed by atoms with Crippen molar-refractivity contribution < 1.29 is 4.79 Å². The fraction of sp³-hybridized carbons (Fsp3) is 0.107. The third-order valence-corrected chi connectivity index (χ3v) is 5.87. The number of nitrogens with two attached hydrogens (primary N) is 1. The molecular weight excluding hydrogens is 436 g/mol. The van der Waals surface area contributed by atoms with Crippen LogP contribution in [0.5, 0.6) is 0 Å². The average Bonchev–Trinajstić information content (AvgIpc) is 2.89. The maximum atomic E-state index is 13.3. The zero-order chi connectivity index (χ0) is 24.4. The molecule has 0 bridgehead atoms. The first-order chi connectivity index (χ1) is 17.0. The van der Waals surface area contributed by atoms with E-state index in [1.165, 1.54) is 0 Å². The average molecular weight is 461 g/mol. The summed E-state index contributed by atoms with van der Waals surface area (Å²) >= 11 is 0. The van der Waals surface area contributed by atoms with Crippen LogP contribution in [0, 0.1) is 6.92 Å². The van der Waals surface area contributed by atoms with Crippen molar-refractivity contribution in [2.24, 2.45) is 0 Å². The quantitative estimate of drug-likeness (QED) is 0.376. The van der Waals surface area contributed by atoms with Gasteiger partial charge in [0.15, 0.2) is 11.5 Å². The molecule has 1 amide bonds. The number of nitrogen functional groups attached to an aromatic ring is 1. The van der Waals surface area contributed by atoms with Gasteiger partial charge in [0.2, 0.25) is 0 Å². The van der Waals surface area contributed by atoms with Gasteiger partial charge in [-0.3, -0.25) is 14.8 Å². The second kappa shape index (κ2) is 9.30. The molecule has 0 saturated heterocycles. The van der Waals surface area contributed by atoms with Crippen molar-refractivity contribution in [3.8, 4) is 22.5 Å². The number of benzene rings is 2. The van der Waals surface area contributed by atoms with Gasteiger partial charge >= 0.3 is 0 Å². The highest BCUT2D eigenvalue weighted by Crippen LogP contribution is 2.32. The van der Waals surface area contributed by atoms with Gasteiger partial charge in [-0.15, -0.1) is 0 Å². The normalized spacial score (nSPS) is 11.8. The van der Waals surface area contributed by atoms with Crippen LogP contribution in [0.15, 0.2) is 85.2 Å². The van der Waals surface area contributed by atoms with Crippen LogP contribution in [0.4, 0.5) is 5.82 Å². The number of rotatable bonds is 5. The standard InChI is InChI=1S/C28H24N6O/c1-17-8-6-15-31-23(17)18(2)32-28(35)26-27(29)34-24(19-9-4-3-5-10-19)25(33-26)21-12-13-22-20(16-21)11-7-14-30-22/h3-16,18H,1-2H3,(H2,29,34)(H,32,35). The van der Waals surface area contributed by atoms with E-state index in [9.17, 15) is 4.79 Å². The largest absolute Gasteiger partial charge is 0.382 e. The molecule has 0 aliphatic heterocycles. The minimum Gasteiger partial charge on any atom is -0.382 e. The van der Waals surface area contributed by atoms with Crippen LogP contribution in [0.1, 0.15) is 34.7 Å². The van der Waals surface area contributed by atoms with E-state index >= 15 is 0 Å². The molecular formula is C28H24N6O. The Morgan fingerprint density at radius 1 is 0.857 bits per heavy atom. The second-order valence-electron chi connectivity index (χ2n) is 8.33. The van der Waals surface area contributed by atoms with Gasteiger partial charge in [-0.25, -0.2) is 9.97 Å². The number of aryl methyl sites for hydroxylation is 1. The fourth-order valence-corrected chi connectivity index (χ4v) is 4.12. The summed E-state index contributed by atoms with van der Waals surface area (Å²) in [5.74, 6) is -0.339. The highest BCUT2D eigenvalue weighted by atomic mass is 16.2. The van der Waals surface area contributed by atoms with Crippen LogP contribution < -0.4 is 11.1 Å². The molecule has 1 atom stereocenters. The van der Waals surface area contributed by atoms with E-state index in [-0.39, 0.29) is 17.6 Å². The molecule has 2 aromatic carbocycles. The smallest absolute Gasteiger partial charge is 0.274 e. The van der Waals surface area contributed by atoms with Crippen molar-refractivity contribution in [3.05, 3.63) is 102 Å². The minimum absolute atomic E-state index is 0.0671. The Kier molecular flexibility index (Phi) is 5.89. The predicted octanol–water partition coefficient (Wildman–Crippen LogP) is 5.14. The molecule has 0 fully saturated rings. The first-order valence-electron chi connectivity index (χ1n) is 11.3. The third-order valence-electron chi connectivity index (χ3n) is 5.87. The Labute approximate surface area is 203 Å². The summed E-state index contributed by atoms with van der Waals surface area (Å²) in [7, 11) is 0. The van der Waals surface area contributed by atoms with Crippen LogP contribution >= 0.6 is 0 Å². The number of hydrogen-bond acceptors (Lipinski definition) is 6. The summed E-state index contributed by atoms with van der Waals surface area (Å²) < 4.78 is 0. The van der Waals surface area contributed by atoms with Gasteiger partial charge in [0, 0.05) is 28.9 Å². The molecule has 172 valence electrons. The topological polar surface area (TPSA) is 107 Å². The van der Waals surface area contributed by atoms with Gasteiger partial charge < -0.3 is 11.1 Å². The molecule has 3 aromatic heterocycles. The van der Waals surface area contributed by atoms with E-state index in [1.54, 1.807) is 12.4 Å². The number of amides is 1. The monoisotopic (exact) mass is 460 g/mol. The van der Waals surface area contributed by atoms with Crippen LogP contribution in [0.25, 0.3) is 33.4 Å². The maximum Gasteiger partial charge on any atom is 0.274 e. The number of carbonyl (C=O) groups is 1. The van der Waals surface area contributed by atoms with Gasteiger partial charge in [0.1, 0.15) is 0 Å². The molecule has 5 aromatic rings. The van der Waals surface area contributed by atoms with Crippen LogP contribution in [-0.2, 0) is 0 Å². The summed E-state index contributed by atoms with van der Waals surface area (Å²) in [5, 5.41) is 3.93. The Morgan fingerprint density at radius 3 is 2.40 bits per heavy atom. The molecule has 35 heavy (non-hydrogen) atoms. The van der Waals surface area contributed by atoms with Gasteiger partial charge in [-0.1, -0.05) is 48.5 Å². The molecule has 7 heteroatoms. The lowest BCUT2D eigenvalue weighted by molar-refractivity contribution is 0.0935. The zero-order valence-electron chi connectivity index (χ0n) is 19.4. The lowest BCUT2D eigenvalue weighted by Gasteiger charge is -2.17. The van der Waals surface area contributed by atoms with Crippen LogP contribution in [0.2, 0.25) is 0 Å². The molecule has 0 saturated carbocycles. The molecule has 5 rings (SSSR count). The molecule has 0 aliphatic carbocycles. The van der Waals surface area contributed by atoms with E-state index in [0.29, 0.717) is 11.4 Å². The summed E-state index contributed by atoms with van der Waals surface area (Å²) in [6, 6.07) is 22.9. The number of fused-ring (bicyclic) bond motifs is 1. The SMILES string of the molecule is Cc1cccnc1C(C)NC(=O)c1nc(-c2ccc3ncccc3c2)c(-c2ccccc2)nc1N. The third kappa shape index (κ3) is 4.44. The Morgan fingerprint density at radius 2 is 1.60 bits per heavy atom. The summed E-state index contributed by atoms with van der Waals surface area (Å²) in [4.78, 5) is 31.5. The highest BCUT2D eigenvalue weighted by molar-refractivity contribution is 5.98. The zero-order valence-corrected chi connectivity index (χ0v) is 19.4. The Bertz CT molecular complexity index is 1530. The summed E-state index contributed by atoms with van der Waals surface area (Å²) in [5.41, 5.74) is 11.9. The van der Waals surface area contributed by atoms with Crippen molar-refractivity contribution in [1.29, 1.82) is 0 Å². The summed E-state index contributed by atoms with van der Waals surface area (Å²) in [6.45, 7) is 3.84. The van der Waals surface area contributed by atoms with Crippen molar-refractivity contribution >= 4 is 22.6 Å². The van der Waals surface area contributed by atoms with E-state index in [2.05, 4.69) is 20.3 Å². The lowest BCUT2D eigenvalue weighted by Crippen LogP contribution is -2.29. The van der Waals surface area contributed by atoms with Crippen molar-refractivity contribution in [1.82, 2.24) is 25.3 Å². The van der Waals surface area contributed by atoms with Gasteiger partial charge in [0.05, 0.1) is 28.6 Å². The number of hydrogen-bond donors (Lipinski definition) is 2. The molecule has 3 heterocycles. The van der Waals surface area contributed by atoms with Crippen molar-refractivity contribution in [3.63, 3.8) is 0 Å². The maximum absolute atomic E-state index is 13.3. The molecule has 0 aliphatic rings. The number of nitrogens with zero attached hydrogens (tertiary/aromatic N) is 4. The van der Waals surface area contributed by atoms with Gasteiger partial charge in [0.25, 0.3) is 5.91 Å². The summed E-state index contributed by atoms with van der Waals surface area (Å²) in [6.07, 6.45) is 3.47. The lowest BCUT2D eigenvalue weighted by atomic mass is 10.0. The van der Waals surface area contributed by atoms with Crippen LogP contribution in [-0.4, -0.2) is 25.8 Å². The molecule has 0 radical (unpaired) electrons. The predicted molar refractivity (Wildman–Crippen MR) is 137 cm³/mol. The van der Waals surface area contributed by atoms with E-state index in [0.717, 1.165) is 33.3 Å². The Hall–Kier alpha value is -4.65. The van der Waals surface area contributed by atoms with E-state index < -0.39 is 5.91 Å². The number of carbonyl (C=O) groups excluding carboxylic acids is 1. The Balaban J connectivity index is 1.60. The van der Waals surface area contributed by atoms with Crippen molar-refractivity contribution in [2.45, 2.75) is 19.9 Å². The molecule has 7 nitrogen and oxygen atoms in total. The second-order valence-corrected chi connectivity index (χ2v) is 8.33. The minimum atomic E-state index is -0.407. The first kappa shape index (κ1) is 22.2.